The molecular formula is C21H19BrClN3O2. The third-order valence-electron chi connectivity index (χ3n) is 5.05. The number of halogens is 2. The summed E-state index contributed by atoms with van der Waals surface area (Å²) in [6.45, 7) is 3.08. The van der Waals surface area contributed by atoms with Crippen molar-refractivity contribution in [2.45, 2.75) is 6.54 Å². The highest BCUT2D eigenvalue weighted by Gasteiger charge is 2.22. The molecule has 0 saturated carbocycles. The van der Waals surface area contributed by atoms with E-state index < -0.39 is 0 Å². The smallest absolute Gasteiger partial charge is 0.242 e. The van der Waals surface area contributed by atoms with E-state index in [9.17, 15) is 9.59 Å². The molecule has 0 bridgehead atoms. The summed E-state index contributed by atoms with van der Waals surface area (Å²) in [6.07, 6.45) is 1.69. The lowest BCUT2D eigenvalue weighted by Gasteiger charge is -2.36. The Morgan fingerprint density at radius 3 is 2.57 bits per heavy atom. The summed E-state index contributed by atoms with van der Waals surface area (Å²) in [6, 6.07) is 14.8. The highest BCUT2D eigenvalue weighted by Crippen LogP contribution is 2.21. The van der Waals surface area contributed by atoms with Crippen molar-refractivity contribution in [3.63, 3.8) is 0 Å². The van der Waals surface area contributed by atoms with Crippen molar-refractivity contribution in [3.8, 4) is 0 Å². The van der Waals surface area contributed by atoms with Crippen molar-refractivity contribution in [2.75, 3.05) is 31.1 Å². The maximum atomic E-state index is 12.8. The Morgan fingerprint density at radius 2 is 1.82 bits per heavy atom. The predicted octanol–water partition coefficient (Wildman–Crippen LogP) is 3.77. The van der Waals surface area contributed by atoms with Gasteiger partial charge in [-0.15, -0.1) is 0 Å². The Morgan fingerprint density at radius 1 is 1.04 bits per heavy atom. The van der Waals surface area contributed by atoms with Gasteiger partial charge < -0.3 is 14.4 Å². The largest absolute Gasteiger partial charge is 0.368 e. The number of amides is 1. The maximum absolute atomic E-state index is 12.8. The molecule has 1 aliphatic rings. The number of hydrogen-bond donors (Lipinski definition) is 0. The first-order valence-corrected chi connectivity index (χ1v) is 10.3. The van der Waals surface area contributed by atoms with Crippen LogP contribution in [0.4, 0.5) is 5.69 Å². The van der Waals surface area contributed by atoms with Gasteiger partial charge in [0.15, 0.2) is 5.43 Å². The molecule has 2 heterocycles. The Labute approximate surface area is 176 Å². The van der Waals surface area contributed by atoms with E-state index in [1.165, 1.54) is 6.07 Å². The summed E-state index contributed by atoms with van der Waals surface area (Å²) < 4.78 is 2.69. The van der Waals surface area contributed by atoms with E-state index in [2.05, 4.69) is 20.8 Å². The van der Waals surface area contributed by atoms with E-state index >= 15 is 0 Å². The van der Waals surface area contributed by atoms with E-state index in [1.54, 1.807) is 12.3 Å². The number of aromatic nitrogens is 1. The van der Waals surface area contributed by atoms with Crippen molar-refractivity contribution in [1.82, 2.24) is 9.47 Å². The van der Waals surface area contributed by atoms with Gasteiger partial charge in [0.25, 0.3) is 0 Å². The summed E-state index contributed by atoms with van der Waals surface area (Å²) in [7, 11) is 0. The van der Waals surface area contributed by atoms with E-state index in [0.29, 0.717) is 23.5 Å². The van der Waals surface area contributed by atoms with Crippen LogP contribution in [-0.4, -0.2) is 41.6 Å². The van der Waals surface area contributed by atoms with Crippen LogP contribution in [0, 0.1) is 0 Å². The second-order valence-corrected chi connectivity index (χ2v) is 8.17. The van der Waals surface area contributed by atoms with Gasteiger partial charge in [-0.1, -0.05) is 33.6 Å². The highest BCUT2D eigenvalue weighted by atomic mass is 79.9. The number of pyridine rings is 1. The van der Waals surface area contributed by atoms with Gasteiger partial charge in [0, 0.05) is 59.0 Å². The SMILES string of the molecule is O=C(Cn1ccc(=O)c2cc(Br)ccc21)N1CCN(c2cccc(Cl)c2)CC1. The number of carbonyl (C=O) groups is 1. The quantitative estimate of drug-likeness (QED) is 0.598. The van der Waals surface area contributed by atoms with Gasteiger partial charge in [-0.3, -0.25) is 9.59 Å². The fraction of sp³-hybridized carbons (Fsp3) is 0.238. The van der Waals surface area contributed by atoms with Gasteiger partial charge in [-0.2, -0.15) is 0 Å². The Bertz CT molecular complexity index is 1090. The van der Waals surface area contributed by atoms with Crippen LogP contribution in [0.3, 0.4) is 0 Å². The number of piperazine rings is 1. The van der Waals surface area contributed by atoms with Crippen LogP contribution in [0.15, 0.2) is 64.0 Å². The van der Waals surface area contributed by atoms with Gasteiger partial charge >= 0.3 is 0 Å². The van der Waals surface area contributed by atoms with Crippen LogP contribution < -0.4 is 10.3 Å². The summed E-state index contributed by atoms with van der Waals surface area (Å²) in [4.78, 5) is 29.1. The second kappa shape index (κ2) is 7.97. The Balaban J connectivity index is 1.46. The van der Waals surface area contributed by atoms with Crippen molar-refractivity contribution in [3.05, 3.63) is 74.4 Å². The highest BCUT2D eigenvalue weighted by molar-refractivity contribution is 9.10. The molecule has 1 aromatic heterocycles. The van der Waals surface area contributed by atoms with Crippen molar-refractivity contribution in [2.24, 2.45) is 0 Å². The van der Waals surface area contributed by atoms with Crippen LogP contribution in [0.25, 0.3) is 10.9 Å². The van der Waals surface area contributed by atoms with Crippen molar-refractivity contribution in [1.29, 1.82) is 0 Å². The molecule has 0 radical (unpaired) electrons. The molecule has 3 aromatic rings. The molecule has 28 heavy (non-hydrogen) atoms. The average Bonchev–Trinajstić information content (AvgIpc) is 2.70. The number of rotatable bonds is 3. The van der Waals surface area contributed by atoms with E-state index in [-0.39, 0.29) is 17.9 Å². The molecule has 144 valence electrons. The van der Waals surface area contributed by atoms with Gasteiger partial charge in [0.1, 0.15) is 6.54 Å². The van der Waals surface area contributed by atoms with E-state index in [0.717, 1.165) is 28.8 Å². The van der Waals surface area contributed by atoms with Gasteiger partial charge in [-0.05, 0) is 36.4 Å². The van der Waals surface area contributed by atoms with Crippen LogP contribution in [-0.2, 0) is 11.3 Å². The third-order valence-corrected chi connectivity index (χ3v) is 5.78. The molecule has 7 heteroatoms. The van der Waals surface area contributed by atoms with E-state index in [1.807, 2.05) is 45.9 Å². The summed E-state index contributed by atoms with van der Waals surface area (Å²) in [5, 5.41) is 1.32. The van der Waals surface area contributed by atoms with Gasteiger partial charge in [-0.25, -0.2) is 0 Å². The van der Waals surface area contributed by atoms with E-state index in [4.69, 9.17) is 11.6 Å². The molecular weight excluding hydrogens is 442 g/mol. The molecule has 1 aliphatic heterocycles. The first-order chi connectivity index (χ1) is 13.5. The molecule has 0 N–H and O–H groups in total. The second-order valence-electron chi connectivity index (χ2n) is 6.82. The zero-order chi connectivity index (χ0) is 19.7. The minimum absolute atomic E-state index is 0.0462. The normalized spacial score (nSPS) is 14.5. The van der Waals surface area contributed by atoms with Crippen LogP contribution in [0.2, 0.25) is 5.02 Å². The Hall–Kier alpha value is -2.31. The molecule has 1 fully saturated rings. The van der Waals surface area contributed by atoms with Crippen molar-refractivity contribution >= 4 is 50.0 Å². The number of carbonyl (C=O) groups excluding carboxylic acids is 1. The average molecular weight is 461 g/mol. The standard InChI is InChI=1S/C21H19BrClN3O2/c22-15-4-5-19-18(12-15)20(27)6-7-26(19)14-21(28)25-10-8-24(9-11-25)17-3-1-2-16(23)13-17/h1-7,12-13H,8-11,14H2. The van der Waals surface area contributed by atoms with Crippen LogP contribution in [0.5, 0.6) is 0 Å². The minimum atomic E-state index is -0.0462. The third kappa shape index (κ3) is 3.93. The first-order valence-electron chi connectivity index (χ1n) is 9.08. The molecule has 4 rings (SSSR count). The molecule has 2 aromatic carbocycles. The summed E-state index contributed by atoms with van der Waals surface area (Å²) in [5.41, 5.74) is 1.80. The van der Waals surface area contributed by atoms with Crippen LogP contribution >= 0.6 is 27.5 Å². The molecule has 0 aliphatic carbocycles. The lowest BCUT2D eigenvalue weighted by atomic mass is 10.2. The fourth-order valence-electron chi connectivity index (χ4n) is 3.55. The molecule has 0 atom stereocenters. The van der Waals surface area contributed by atoms with Crippen LogP contribution in [0.1, 0.15) is 0 Å². The monoisotopic (exact) mass is 459 g/mol. The molecule has 0 spiro atoms. The maximum Gasteiger partial charge on any atom is 0.242 e. The van der Waals surface area contributed by atoms with Gasteiger partial charge in [0.2, 0.25) is 5.91 Å². The molecule has 5 nitrogen and oxygen atoms in total. The Kier molecular flexibility index (Phi) is 5.42. The zero-order valence-corrected chi connectivity index (χ0v) is 17.5. The predicted molar refractivity (Wildman–Crippen MR) is 116 cm³/mol. The topological polar surface area (TPSA) is 45.6 Å². The molecule has 0 unspecified atom stereocenters. The number of hydrogen-bond acceptors (Lipinski definition) is 3. The zero-order valence-electron chi connectivity index (χ0n) is 15.1. The number of nitrogens with zero attached hydrogens (tertiary/aromatic N) is 3. The number of anilines is 1. The lowest BCUT2D eigenvalue weighted by Crippen LogP contribution is -2.49. The van der Waals surface area contributed by atoms with Crippen molar-refractivity contribution < 1.29 is 4.79 Å². The number of fused-ring (bicyclic) bond motifs is 1. The fourth-order valence-corrected chi connectivity index (χ4v) is 4.10. The number of benzene rings is 2. The minimum Gasteiger partial charge on any atom is -0.368 e. The first kappa shape index (κ1) is 19.0. The summed E-state index contributed by atoms with van der Waals surface area (Å²) >= 11 is 9.48. The lowest BCUT2D eigenvalue weighted by molar-refractivity contribution is -0.132. The summed E-state index contributed by atoms with van der Waals surface area (Å²) in [5.74, 6) is 0.0543. The molecule has 1 amide bonds. The molecule has 1 saturated heterocycles. The van der Waals surface area contributed by atoms with Gasteiger partial charge in [0.05, 0.1) is 5.52 Å².